The van der Waals surface area contributed by atoms with Crippen LogP contribution in [-0.4, -0.2) is 32.6 Å². The molecule has 3 fully saturated rings. The van der Waals surface area contributed by atoms with E-state index in [2.05, 4.69) is 20.7 Å². The van der Waals surface area contributed by atoms with Crippen LogP contribution in [0.1, 0.15) is 66.3 Å². The summed E-state index contributed by atoms with van der Waals surface area (Å²) in [5, 5.41) is 22.2. The van der Waals surface area contributed by atoms with E-state index in [1.165, 1.54) is 18.3 Å². The third kappa shape index (κ3) is 4.87. The van der Waals surface area contributed by atoms with Crippen LogP contribution in [0.3, 0.4) is 0 Å². The fourth-order valence-electron chi connectivity index (χ4n) is 5.50. The summed E-state index contributed by atoms with van der Waals surface area (Å²) in [5.41, 5.74) is 2.14. The summed E-state index contributed by atoms with van der Waals surface area (Å²) in [6.07, 6.45) is 9.18. The first kappa shape index (κ1) is 24.5. The Hall–Kier alpha value is -3.82. The Bertz CT molecular complexity index is 1400. The first-order chi connectivity index (χ1) is 18.3. The molecular formula is C28H31FN6O3. The van der Waals surface area contributed by atoms with Crippen LogP contribution < -0.4 is 15.4 Å². The van der Waals surface area contributed by atoms with Crippen molar-refractivity contribution in [3.63, 3.8) is 0 Å². The lowest BCUT2D eigenvalue weighted by molar-refractivity contribution is -0.612. The van der Waals surface area contributed by atoms with E-state index in [4.69, 9.17) is 0 Å². The molecule has 3 saturated carbocycles. The SMILES string of the molecule is Cc1cc(-c2ccc(NC(=O)[C@@H](NC(=O)c3ccnn3C3CC3)C(C3CC3)C3CC3)nc2F)c(C)[n+]([O-])c1. The van der Waals surface area contributed by atoms with Crippen LogP contribution in [0.4, 0.5) is 10.2 Å². The third-order valence-electron chi connectivity index (χ3n) is 7.89. The third-order valence-corrected chi connectivity index (χ3v) is 7.89. The number of hydrogen-bond donors (Lipinski definition) is 2. The Morgan fingerprint density at radius 3 is 2.42 bits per heavy atom. The Morgan fingerprint density at radius 2 is 1.79 bits per heavy atom. The molecule has 3 heterocycles. The number of halogens is 1. The normalized spacial score (nSPS) is 17.9. The van der Waals surface area contributed by atoms with Gasteiger partial charge in [-0.05, 0) is 87.5 Å². The van der Waals surface area contributed by atoms with Gasteiger partial charge in [0.15, 0.2) is 11.9 Å². The lowest BCUT2D eigenvalue weighted by Crippen LogP contribution is -2.50. The van der Waals surface area contributed by atoms with Crippen LogP contribution >= 0.6 is 0 Å². The van der Waals surface area contributed by atoms with Crippen LogP contribution in [0.15, 0.2) is 36.7 Å². The number of nitrogens with zero attached hydrogens (tertiary/aromatic N) is 4. The van der Waals surface area contributed by atoms with Crippen molar-refractivity contribution in [2.24, 2.45) is 17.8 Å². The monoisotopic (exact) mass is 518 g/mol. The summed E-state index contributed by atoms with van der Waals surface area (Å²) < 4.78 is 17.6. The Kier molecular flexibility index (Phi) is 6.12. The van der Waals surface area contributed by atoms with Gasteiger partial charge in [0.1, 0.15) is 17.6 Å². The molecule has 0 radical (unpaired) electrons. The molecule has 0 aliphatic heterocycles. The summed E-state index contributed by atoms with van der Waals surface area (Å²) in [5.74, 6) is -0.637. The van der Waals surface area contributed by atoms with Gasteiger partial charge in [-0.25, -0.2) is 4.98 Å². The number of pyridine rings is 2. The van der Waals surface area contributed by atoms with Gasteiger partial charge in [-0.1, -0.05) is 0 Å². The van der Waals surface area contributed by atoms with Gasteiger partial charge in [0.25, 0.3) is 5.91 Å². The molecule has 1 atom stereocenters. The fraction of sp³-hybridized carbons (Fsp3) is 0.464. The molecular weight excluding hydrogens is 487 g/mol. The van der Waals surface area contributed by atoms with Crippen LogP contribution in [0.25, 0.3) is 11.1 Å². The van der Waals surface area contributed by atoms with E-state index in [1.54, 1.807) is 36.9 Å². The van der Waals surface area contributed by atoms with Gasteiger partial charge in [-0.15, -0.1) is 0 Å². The van der Waals surface area contributed by atoms with Gasteiger partial charge in [-0.3, -0.25) is 14.3 Å². The van der Waals surface area contributed by atoms with Crippen molar-refractivity contribution < 1.29 is 18.7 Å². The number of anilines is 1. The number of hydrogen-bond acceptors (Lipinski definition) is 5. The molecule has 2 N–H and O–H groups in total. The maximum Gasteiger partial charge on any atom is 0.270 e. The Morgan fingerprint density at radius 1 is 1.08 bits per heavy atom. The predicted octanol–water partition coefficient (Wildman–Crippen LogP) is 3.84. The highest BCUT2D eigenvalue weighted by Crippen LogP contribution is 2.51. The van der Waals surface area contributed by atoms with Crippen molar-refractivity contribution >= 4 is 17.6 Å². The van der Waals surface area contributed by atoms with Gasteiger partial charge in [0, 0.05) is 24.2 Å². The molecule has 0 unspecified atom stereocenters. The molecule has 3 aliphatic carbocycles. The number of aromatic nitrogens is 4. The molecule has 3 aromatic rings. The standard InChI is InChI=1S/C28H31FN6O3/c1-15-13-21(16(2)34(38)14-15)20-9-10-23(31-26(20)29)32-28(37)25(24(17-3-4-17)18-5-6-18)33-27(36)22-11-12-30-35(22)19-7-8-19/h9-14,17-19,24-25H,3-8H2,1-2H3,(H,33,36)(H,31,32,37)/t25-/m0/s1. The summed E-state index contributed by atoms with van der Waals surface area (Å²) in [7, 11) is 0. The van der Waals surface area contributed by atoms with E-state index in [9.17, 15) is 14.8 Å². The zero-order valence-corrected chi connectivity index (χ0v) is 21.5. The highest BCUT2D eigenvalue weighted by Gasteiger charge is 2.48. The van der Waals surface area contributed by atoms with Crippen molar-refractivity contribution in [1.29, 1.82) is 0 Å². The summed E-state index contributed by atoms with van der Waals surface area (Å²) in [6.45, 7) is 3.38. The van der Waals surface area contributed by atoms with Gasteiger partial charge in [-0.2, -0.15) is 14.2 Å². The van der Waals surface area contributed by atoms with Crippen molar-refractivity contribution in [3.8, 4) is 11.1 Å². The van der Waals surface area contributed by atoms with E-state index < -0.39 is 17.9 Å². The van der Waals surface area contributed by atoms with E-state index >= 15 is 4.39 Å². The fourth-order valence-corrected chi connectivity index (χ4v) is 5.50. The number of aryl methyl sites for hydroxylation is 1. The highest BCUT2D eigenvalue weighted by atomic mass is 19.1. The summed E-state index contributed by atoms with van der Waals surface area (Å²) >= 11 is 0. The summed E-state index contributed by atoms with van der Waals surface area (Å²) in [4.78, 5) is 30.9. The summed E-state index contributed by atoms with van der Waals surface area (Å²) in [6, 6.07) is 5.93. The first-order valence-electron chi connectivity index (χ1n) is 13.3. The second kappa shape index (κ2) is 9.49. The van der Waals surface area contributed by atoms with Crippen molar-refractivity contribution in [2.75, 3.05) is 5.32 Å². The molecule has 0 spiro atoms. The number of carbonyl (C=O) groups is 2. The maximum absolute atomic E-state index is 15.1. The van der Waals surface area contributed by atoms with E-state index in [-0.39, 0.29) is 29.2 Å². The maximum atomic E-state index is 15.1. The number of rotatable bonds is 9. The lowest BCUT2D eigenvalue weighted by Gasteiger charge is -2.27. The van der Waals surface area contributed by atoms with Crippen LogP contribution in [-0.2, 0) is 4.79 Å². The molecule has 9 nitrogen and oxygen atoms in total. The quantitative estimate of drug-likeness (QED) is 0.254. The van der Waals surface area contributed by atoms with E-state index in [0.29, 0.717) is 39.1 Å². The zero-order valence-electron chi connectivity index (χ0n) is 21.5. The topological polar surface area (TPSA) is 116 Å². The molecule has 38 heavy (non-hydrogen) atoms. The van der Waals surface area contributed by atoms with E-state index in [1.807, 2.05) is 0 Å². The molecule has 3 aliphatic rings. The predicted molar refractivity (Wildman–Crippen MR) is 137 cm³/mol. The van der Waals surface area contributed by atoms with Crippen molar-refractivity contribution in [2.45, 2.75) is 64.5 Å². The smallest absolute Gasteiger partial charge is 0.270 e. The average Bonchev–Trinajstić information content (AvgIpc) is 3.74. The number of nitrogens with one attached hydrogen (secondary N) is 2. The Balaban J connectivity index is 1.25. The molecule has 3 aromatic heterocycles. The first-order valence-corrected chi connectivity index (χ1v) is 13.3. The molecule has 0 bridgehead atoms. The van der Waals surface area contributed by atoms with Gasteiger partial charge in [0.2, 0.25) is 11.9 Å². The van der Waals surface area contributed by atoms with Gasteiger partial charge < -0.3 is 15.8 Å². The molecule has 0 aromatic carbocycles. The second-order valence-electron chi connectivity index (χ2n) is 11.0. The molecule has 0 saturated heterocycles. The minimum absolute atomic E-state index is 0.0304. The van der Waals surface area contributed by atoms with Crippen LogP contribution in [0, 0.1) is 42.8 Å². The Labute approximate surface area is 220 Å². The average molecular weight is 519 g/mol. The van der Waals surface area contributed by atoms with Crippen LogP contribution in [0.5, 0.6) is 0 Å². The van der Waals surface area contributed by atoms with E-state index in [0.717, 1.165) is 38.5 Å². The van der Waals surface area contributed by atoms with Gasteiger partial charge in [0.05, 0.1) is 11.6 Å². The van der Waals surface area contributed by atoms with Gasteiger partial charge >= 0.3 is 0 Å². The number of amides is 2. The highest BCUT2D eigenvalue weighted by molar-refractivity contribution is 6.00. The zero-order chi connectivity index (χ0) is 26.6. The van der Waals surface area contributed by atoms with Crippen LogP contribution in [0.2, 0.25) is 0 Å². The minimum Gasteiger partial charge on any atom is -0.618 e. The molecule has 10 heteroatoms. The molecule has 2 amide bonds. The van der Waals surface area contributed by atoms with Crippen molar-refractivity contribution in [1.82, 2.24) is 20.1 Å². The lowest BCUT2D eigenvalue weighted by atomic mass is 9.88. The minimum atomic E-state index is -0.786. The van der Waals surface area contributed by atoms with Crippen molar-refractivity contribution in [3.05, 3.63) is 64.8 Å². The molecule has 198 valence electrons. The number of carbonyl (C=O) groups excluding carboxylic acids is 2. The largest absolute Gasteiger partial charge is 0.618 e. The molecule has 6 rings (SSSR count). The second-order valence-corrected chi connectivity index (χ2v) is 11.0.